The molecule has 2 rings (SSSR count). The molecule has 1 heterocycles. The van der Waals surface area contributed by atoms with Crippen LogP contribution in [-0.2, 0) is 6.18 Å². The lowest BCUT2D eigenvalue weighted by Crippen LogP contribution is -2.17. The van der Waals surface area contributed by atoms with Gasteiger partial charge in [0.2, 0.25) is 5.82 Å². The summed E-state index contributed by atoms with van der Waals surface area (Å²) in [5.74, 6) is -0.841. The summed E-state index contributed by atoms with van der Waals surface area (Å²) in [7, 11) is 0. The molecule has 0 aliphatic carbocycles. The quantitative estimate of drug-likeness (QED) is 0.638. The minimum Gasteiger partial charge on any atom is -0.399 e. The fraction of sp³-hybridized carbons (Fsp3) is 0.533. The van der Waals surface area contributed by atoms with Crippen molar-refractivity contribution in [1.82, 2.24) is 9.55 Å². The fourth-order valence-corrected chi connectivity index (χ4v) is 2.58. The van der Waals surface area contributed by atoms with Gasteiger partial charge in [0, 0.05) is 11.7 Å². The summed E-state index contributed by atoms with van der Waals surface area (Å²) < 4.78 is 41.0. The summed E-state index contributed by atoms with van der Waals surface area (Å²) in [6.45, 7) is 3.88. The Morgan fingerprint density at radius 1 is 1.29 bits per heavy atom. The van der Waals surface area contributed by atoms with E-state index in [4.69, 9.17) is 5.73 Å². The first kappa shape index (κ1) is 15.7. The molecular weight excluding hydrogens is 279 g/mol. The molecule has 1 atom stereocenters. The van der Waals surface area contributed by atoms with Crippen molar-refractivity contribution in [2.45, 2.75) is 51.7 Å². The van der Waals surface area contributed by atoms with Gasteiger partial charge in [-0.25, -0.2) is 4.98 Å². The molecule has 2 N–H and O–H groups in total. The molecular formula is C15H20F3N3. The van der Waals surface area contributed by atoms with E-state index in [0.29, 0.717) is 23.1 Å². The number of nitrogens with two attached hydrogens (primary N) is 1. The van der Waals surface area contributed by atoms with Gasteiger partial charge in [-0.1, -0.05) is 26.2 Å². The molecule has 2 aromatic rings. The SMILES string of the molecule is CCCCCC(C)n1c(C(F)(F)F)nc2cc(N)ccc21. The van der Waals surface area contributed by atoms with Crippen LogP contribution in [0.15, 0.2) is 18.2 Å². The molecule has 3 nitrogen and oxygen atoms in total. The molecule has 0 spiro atoms. The third-order valence-corrected chi connectivity index (χ3v) is 3.63. The topological polar surface area (TPSA) is 43.8 Å². The first-order valence-corrected chi connectivity index (χ1v) is 7.19. The molecule has 1 aromatic carbocycles. The van der Waals surface area contributed by atoms with Crippen LogP contribution in [0.5, 0.6) is 0 Å². The van der Waals surface area contributed by atoms with Gasteiger partial charge in [-0.3, -0.25) is 0 Å². The number of halogens is 3. The summed E-state index contributed by atoms with van der Waals surface area (Å²) in [6.07, 6.45) is -0.797. The number of nitrogens with zero attached hydrogens (tertiary/aromatic N) is 2. The van der Waals surface area contributed by atoms with Crippen LogP contribution in [0.2, 0.25) is 0 Å². The van der Waals surface area contributed by atoms with E-state index in [-0.39, 0.29) is 6.04 Å². The van der Waals surface area contributed by atoms with Crippen molar-refractivity contribution in [3.8, 4) is 0 Å². The third kappa shape index (κ3) is 3.31. The van der Waals surface area contributed by atoms with Crippen molar-refractivity contribution in [2.24, 2.45) is 0 Å². The second-order valence-electron chi connectivity index (χ2n) is 5.40. The van der Waals surface area contributed by atoms with E-state index >= 15 is 0 Å². The molecule has 0 radical (unpaired) electrons. The number of hydrogen-bond acceptors (Lipinski definition) is 2. The van der Waals surface area contributed by atoms with Crippen molar-refractivity contribution >= 4 is 16.7 Å². The van der Waals surface area contributed by atoms with Crippen molar-refractivity contribution in [1.29, 1.82) is 0 Å². The van der Waals surface area contributed by atoms with Gasteiger partial charge in [-0.15, -0.1) is 0 Å². The Bertz CT molecular complexity index is 616. The van der Waals surface area contributed by atoms with Crippen LogP contribution in [0, 0.1) is 0 Å². The second-order valence-corrected chi connectivity index (χ2v) is 5.40. The van der Waals surface area contributed by atoms with E-state index in [0.717, 1.165) is 19.3 Å². The summed E-state index contributed by atoms with van der Waals surface area (Å²) in [5, 5.41) is 0. The first-order valence-electron chi connectivity index (χ1n) is 7.19. The number of nitrogen functional groups attached to an aromatic ring is 1. The molecule has 6 heteroatoms. The second kappa shape index (κ2) is 5.95. The normalized spacial score (nSPS) is 13.8. The zero-order chi connectivity index (χ0) is 15.6. The molecule has 1 aromatic heterocycles. The molecule has 21 heavy (non-hydrogen) atoms. The molecule has 0 aliphatic heterocycles. The van der Waals surface area contributed by atoms with Crippen LogP contribution in [0.4, 0.5) is 18.9 Å². The van der Waals surface area contributed by atoms with Crippen molar-refractivity contribution in [2.75, 3.05) is 5.73 Å². The Kier molecular flexibility index (Phi) is 4.44. The van der Waals surface area contributed by atoms with E-state index < -0.39 is 12.0 Å². The Labute approximate surface area is 122 Å². The van der Waals surface area contributed by atoms with Gasteiger partial charge in [-0.05, 0) is 31.5 Å². The maximum absolute atomic E-state index is 13.2. The Balaban J connectivity index is 2.47. The average Bonchev–Trinajstić information content (AvgIpc) is 2.77. The van der Waals surface area contributed by atoms with Gasteiger partial charge in [0.15, 0.2) is 0 Å². The van der Waals surface area contributed by atoms with Crippen LogP contribution < -0.4 is 5.73 Å². The standard InChI is InChI=1S/C15H20F3N3/c1-3-4-5-6-10(2)21-13-8-7-11(19)9-12(13)20-14(21)15(16,17)18/h7-10H,3-6,19H2,1-2H3. The van der Waals surface area contributed by atoms with E-state index in [2.05, 4.69) is 11.9 Å². The van der Waals surface area contributed by atoms with Crippen molar-refractivity contribution < 1.29 is 13.2 Å². The highest BCUT2D eigenvalue weighted by Crippen LogP contribution is 2.35. The molecule has 0 fully saturated rings. The van der Waals surface area contributed by atoms with Gasteiger partial charge in [0.25, 0.3) is 0 Å². The maximum atomic E-state index is 13.2. The van der Waals surface area contributed by atoms with Crippen LogP contribution in [0.3, 0.4) is 0 Å². The Morgan fingerprint density at radius 2 is 2.00 bits per heavy atom. The minimum atomic E-state index is -4.47. The molecule has 0 saturated carbocycles. The van der Waals surface area contributed by atoms with Crippen molar-refractivity contribution in [3.05, 3.63) is 24.0 Å². The Hall–Kier alpha value is -1.72. The number of anilines is 1. The van der Waals surface area contributed by atoms with Gasteiger partial charge < -0.3 is 10.3 Å². The van der Waals surface area contributed by atoms with Crippen LogP contribution in [0.1, 0.15) is 51.4 Å². The smallest absolute Gasteiger partial charge is 0.399 e. The number of rotatable bonds is 5. The van der Waals surface area contributed by atoms with E-state index in [9.17, 15) is 13.2 Å². The average molecular weight is 299 g/mol. The number of hydrogen-bond donors (Lipinski definition) is 1. The highest BCUT2D eigenvalue weighted by atomic mass is 19.4. The van der Waals surface area contributed by atoms with Crippen LogP contribution in [-0.4, -0.2) is 9.55 Å². The van der Waals surface area contributed by atoms with E-state index in [1.54, 1.807) is 12.1 Å². The van der Waals surface area contributed by atoms with Crippen LogP contribution >= 0.6 is 0 Å². The molecule has 0 saturated heterocycles. The third-order valence-electron chi connectivity index (χ3n) is 3.63. The number of imidazole rings is 1. The molecule has 0 amide bonds. The zero-order valence-electron chi connectivity index (χ0n) is 12.2. The zero-order valence-corrected chi connectivity index (χ0v) is 12.2. The molecule has 1 unspecified atom stereocenters. The predicted molar refractivity (Wildman–Crippen MR) is 78.0 cm³/mol. The number of aromatic nitrogens is 2. The lowest BCUT2D eigenvalue weighted by atomic mass is 10.1. The van der Waals surface area contributed by atoms with Gasteiger partial charge in [0.1, 0.15) is 0 Å². The monoisotopic (exact) mass is 299 g/mol. The molecule has 0 bridgehead atoms. The van der Waals surface area contributed by atoms with E-state index in [1.807, 2.05) is 6.92 Å². The number of fused-ring (bicyclic) bond motifs is 1. The van der Waals surface area contributed by atoms with Crippen molar-refractivity contribution in [3.63, 3.8) is 0 Å². The molecule has 0 aliphatic rings. The van der Waals surface area contributed by atoms with Gasteiger partial charge >= 0.3 is 6.18 Å². The van der Waals surface area contributed by atoms with Gasteiger partial charge in [0.05, 0.1) is 11.0 Å². The Morgan fingerprint density at radius 3 is 2.62 bits per heavy atom. The summed E-state index contributed by atoms with van der Waals surface area (Å²) in [4.78, 5) is 3.75. The summed E-state index contributed by atoms with van der Waals surface area (Å²) >= 11 is 0. The lowest BCUT2D eigenvalue weighted by molar-refractivity contribution is -0.147. The van der Waals surface area contributed by atoms with Gasteiger partial charge in [-0.2, -0.15) is 13.2 Å². The summed E-state index contributed by atoms with van der Waals surface area (Å²) in [5.41, 5.74) is 6.83. The number of unbranched alkanes of at least 4 members (excludes halogenated alkanes) is 2. The first-order chi connectivity index (χ1) is 9.84. The highest BCUT2D eigenvalue weighted by molar-refractivity contribution is 5.80. The fourth-order valence-electron chi connectivity index (χ4n) is 2.58. The predicted octanol–water partition coefficient (Wildman–Crippen LogP) is 4.78. The summed E-state index contributed by atoms with van der Waals surface area (Å²) in [6, 6.07) is 4.46. The number of alkyl halides is 3. The maximum Gasteiger partial charge on any atom is 0.449 e. The molecule has 116 valence electrons. The lowest BCUT2D eigenvalue weighted by Gasteiger charge is -2.18. The minimum absolute atomic E-state index is 0.248. The largest absolute Gasteiger partial charge is 0.449 e. The van der Waals surface area contributed by atoms with Crippen LogP contribution in [0.25, 0.3) is 11.0 Å². The number of benzene rings is 1. The van der Waals surface area contributed by atoms with E-state index in [1.165, 1.54) is 10.6 Å². The highest BCUT2D eigenvalue weighted by Gasteiger charge is 2.38.